The molecule has 1 aromatic rings. The van der Waals surface area contributed by atoms with Gasteiger partial charge >= 0.3 is 0 Å². The van der Waals surface area contributed by atoms with Gasteiger partial charge in [-0.1, -0.05) is 17.7 Å². The van der Waals surface area contributed by atoms with E-state index in [-0.39, 0.29) is 0 Å². The van der Waals surface area contributed by atoms with E-state index >= 15 is 0 Å². The molecule has 2 nitrogen and oxygen atoms in total. The van der Waals surface area contributed by atoms with Gasteiger partial charge in [-0.15, -0.1) is 0 Å². The van der Waals surface area contributed by atoms with Gasteiger partial charge in [0.25, 0.3) is 0 Å². The Labute approximate surface area is 95.6 Å². The predicted molar refractivity (Wildman–Crippen MR) is 63.5 cm³/mol. The normalized spacial score (nSPS) is 25.5. The summed E-state index contributed by atoms with van der Waals surface area (Å²) in [6.07, 6.45) is 3.08. The molecule has 0 aromatic heterocycles. The second-order valence-corrected chi connectivity index (χ2v) is 4.47. The molecule has 0 bridgehead atoms. The van der Waals surface area contributed by atoms with Crippen molar-refractivity contribution in [1.29, 1.82) is 0 Å². The minimum atomic E-state index is 0.346. The van der Waals surface area contributed by atoms with Crippen LogP contribution in [0.3, 0.4) is 0 Å². The van der Waals surface area contributed by atoms with Gasteiger partial charge in [-0.25, -0.2) is 0 Å². The second kappa shape index (κ2) is 4.86. The summed E-state index contributed by atoms with van der Waals surface area (Å²) in [5, 5.41) is 4.10. The molecule has 1 saturated heterocycles. The molecule has 3 heteroatoms. The predicted octanol–water partition coefficient (Wildman–Crippen LogP) is 3.32. The highest BCUT2D eigenvalue weighted by Gasteiger charge is 2.21. The number of benzene rings is 1. The summed E-state index contributed by atoms with van der Waals surface area (Å²) in [4.78, 5) is 0. The molecule has 1 N–H and O–H groups in total. The maximum atomic E-state index is 5.89. The lowest BCUT2D eigenvalue weighted by molar-refractivity contribution is 0.0637. The average Bonchev–Trinajstić information content (AvgIpc) is 2.62. The topological polar surface area (TPSA) is 21.3 Å². The molecule has 2 rings (SSSR count). The highest BCUT2D eigenvalue weighted by Crippen LogP contribution is 2.20. The van der Waals surface area contributed by atoms with Crippen molar-refractivity contribution in [1.82, 2.24) is 0 Å². The smallest absolute Gasteiger partial charge is 0.0751 e. The van der Waals surface area contributed by atoms with Crippen LogP contribution >= 0.6 is 11.6 Å². The number of nitrogens with one attached hydrogen (secondary N) is 1. The summed E-state index contributed by atoms with van der Waals surface area (Å²) in [7, 11) is 0. The fourth-order valence-corrected chi connectivity index (χ4v) is 2.06. The first-order chi connectivity index (χ1) is 7.24. The zero-order valence-electron chi connectivity index (χ0n) is 8.87. The molecule has 15 heavy (non-hydrogen) atoms. The molecule has 1 fully saturated rings. The summed E-state index contributed by atoms with van der Waals surface area (Å²) < 4.78 is 5.72. The molecule has 2 unspecified atom stereocenters. The van der Waals surface area contributed by atoms with Crippen LogP contribution in [0.4, 0.5) is 5.69 Å². The number of halogens is 1. The molecule has 82 valence electrons. The Hall–Kier alpha value is -0.730. The third kappa shape index (κ3) is 3.11. The van der Waals surface area contributed by atoms with Gasteiger partial charge in [0.2, 0.25) is 0 Å². The minimum Gasteiger partial charge on any atom is -0.382 e. The lowest BCUT2D eigenvalue weighted by Crippen LogP contribution is -2.19. The van der Waals surface area contributed by atoms with Gasteiger partial charge in [-0.05, 0) is 38.0 Å². The molecule has 1 aliphatic heterocycles. The van der Waals surface area contributed by atoms with Crippen LogP contribution in [0.25, 0.3) is 0 Å². The number of rotatable bonds is 3. The van der Waals surface area contributed by atoms with Gasteiger partial charge in [0.15, 0.2) is 0 Å². The van der Waals surface area contributed by atoms with E-state index in [0.717, 1.165) is 23.7 Å². The molecular weight excluding hydrogens is 210 g/mol. The van der Waals surface area contributed by atoms with Crippen LogP contribution in [0.5, 0.6) is 0 Å². The summed E-state index contributed by atoms with van der Waals surface area (Å²) in [6.45, 7) is 2.99. The van der Waals surface area contributed by atoms with Crippen LogP contribution in [-0.2, 0) is 4.74 Å². The highest BCUT2D eigenvalue weighted by molar-refractivity contribution is 6.30. The van der Waals surface area contributed by atoms with Gasteiger partial charge in [-0.3, -0.25) is 0 Å². The Morgan fingerprint density at radius 2 is 2.33 bits per heavy atom. The first kappa shape index (κ1) is 10.8. The van der Waals surface area contributed by atoms with E-state index in [2.05, 4.69) is 12.2 Å². The first-order valence-corrected chi connectivity index (χ1v) is 5.77. The van der Waals surface area contributed by atoms with Crippen molar-refractivity contribution in [3.63, 3.8) is 0 Å². The van der Waals surface area contributed by atoms with Crippen LogP contribution < -0.4 is 5.32 Å². The molecule has 2 atom stereocenters. The van der Waals surface area contributed by atoms with Crippen LogP contribution in [0.15, 0.2) is 24.3 Å². The molecule has 1 aromatic carbocycles. The first-order valence-electron chi connectivity index (χ1n) is 5.39. The van der Waals surface area contributed by atoms with E-state index in [1.807, 2.05) is 24.3 Å². The van der Waals surface area contributed by atoms with E-state index in [4.69, 9.17) is 16.3 Å². The van der Waals surface area contributed by atoms with Crippen LogP contribution in [-0.4, -0.2) is 18.8 Å². The van der Waals surface area contributed by atoms with Crippen molar-refractivity contribution in [2.75, 3.05) is 11.9 Å². The zero-order chi connectivity index (χ0) is 10.7. The molecule has 1 heterocycles. The van der Waals surface area contributed by atoms with Crippen molar-refractivity contribution in [3.8, 4) is 0 Å². The molecule has 1 aliphatic rings. The quantitative estimate of drug-likeness (QED) is 0.852. The number of hydrogen-bond acceptors (Lipinski definition) is 2. The van der Waals surface area contributed by atoms with Crippen molar-refractivity contribution in [3.05, 3.63) is 29.3 Å². The fourth-order valence-electron chi connectivity index (χ4n) is 1.87. The van der Waals surface area contributed by atoms with Crippen molar-refractivity contribution in [2.45, 2.75) is 32.0 Å². The average molecular weight is 226 g/mol. The number of hydrogen-bond donors (Lipinski definition) is 1. The molecular formula is C12H16ClNO. The number of anilines is 1. The van der Waals surface area contributed by atoms with Crippen molar-refractivity contribution >= 4 is 17.3 Å². The van der Waals surface area contributed by atoms with E-state index in [0.29, 0.717) is 12.2 Å². The standard InChI is InChI=1S/C12H16ClNO/c1-9-5-6-12(15-9)8-14-11-4-2-3-10(13)7-11/h2-4,7,9,12,14H,5-6,8H2,1H3. The molecule has 0 aliphatic carbocycles. The summed E-state index contributed by atoms with van der Waals surface area (Å²) >= 11 is 5.89. The molecule has 0 spiro atoms. The Bertz CT molecular complexity index is 329. The SMILES string of the molecule is CC1CCC(CNc2cccc(Cl)c2)O1. The largest absolute Gasteiger partial charge is 0.382 e. The van der Waals surface area contributed by atoms with E-state index < -0.39 is 0 Å². The van der Waals surface area contributed by atoms with Gasteiger partial charge in [0.1, 0.15) is 0 Å². The van der Waals surface area contributed by atoms with Gasteiger partial charge < -0.3 is 10.1 Å². The van der Waals surface area contributed by atoms with Crippen LogP contribution in [0, 0.1) is 0 Å². The monoisotopic (exact) mass is 225 g/mol. The molecule has 0 radical (unpaired) electrons. The lowest BCUT2D eigenvalue weighted by Gasteiger charge is -2.13. The third-order valence-corrected chi connectivity index (χ3v) is 2.91. The molecule has 0 amide bonds. The number of ether oxygens (including phenoxy) is 1. The highest BCUT2D eigenvalue weighted by atomic mass is 35.5. The van der Waals surface area contributed by atoms with Gasteiger partial charge in [0.05, 0.1) is 12.2 Å². The third-order valence-electron chi connectivity index (χ3n) is 2.68. The molecule has 0 saturated carbocycles. The minimum absolute atomic E-state index is 0.346. The van der Waals surface area contributed by atoms with Crippen molar-refractivity contribution < 1.29 is 4.74 Å². The fraction of sp³-hybridized carbons (Fsp3) is 0.500. The Morgan fingerprint density at radius 3 is 3.00 bits per heavy atom. The van der Waals surface area contributed by atoms with E-state index in [1.165, 1.54) is 6.42 Å². The summed E-state index contributed by atoms with van der Waals surface area (Å²) in [6, 6.07) is 7.77. The second-order valence-electron chi connectivity index (χ2n) is 4.04. The van der Waals surface area contributed by atoms with E-state index in [9.17, 15) is 0 Å². The zero-order valence-corrected chi connectivity index (χ0v) is 9.63. The Balaban J connectivity index is 1.83. The summed E-state index contributed by atoms with van der Waals surface area (Å²) in [5.41, 5.74) is 1.06. The Kier molecular flexibility index (Phi) is 3.49. The maximum Gasteiger partial charge on any atom is 0.0751 e. The Morgan fingerprint density at radius 1 is 1.47 bits per heavy atom. The maximum absolute atomic E-state index is 5.89. The van der Waals surface area contributed by atoms with Gasteiger partial charge in [0, 0.05) is 17.3 Å². The lowest BCUT2D eigenvalue weighted by atomic mass is 10.2. The van der Waals surface area contributed by atoms with Crippen molar-refractivity contribution in [2.24, 2.45) is 0 Å². The summed E-state index contributed by atoms with van der Waals surface area (Å²) in [5.74, 6) is 0. The van der Waals surface area contributed by atoms with Gasteiger partial charge in [-0.2, -0.15) is 0 Å². The van der Waals surface area contributed by atoms with Crippen LogP contribution in [0.2, 0.25) is 5.02 Å². The van der Waals surface area contributed by atoms with E-state index in [1.54, 1.807) is 0 Å². The van der Waals surface area contributed by atoms with Crippen LogP contribution in [0.1, 0.15) is 19.8 Å².